The first-order valence-corrected chi connectivity index (χ1v) is 6.93. The van der Waals surface area contributed by atoms with Crippen molar-refractivity contribution in [2.75, 3.05) is 9.80 Å². The molecule has 0 unspecified atom stereocenters. The summed E-state index contributed by atoms with van der Waals surface area (Å²) < 4.78 is 0. The Bertz CT molecular complexity index is 270. The average Bonchev–Trinajstić information content (AvgIpc) is 2.81. The van der Waals surface area contributed by atoms with Crippen LogP contribution in [-0.2, 0) is 0 Å². The van der Waals surface area contributed by atoms with E-state index in [0.717, 1.165) is 0 Å². The van der Waals surface area contributed by atoms with Crippen LogP contribution in [0.25, 0.3) is 0 Å². The van der Waals surface area contributed by atoms with E-state index in [2.05, 4.69) is 71.3 Å². The molecule has 0 aliphatic rings. The molecule has 0 atom stereocenters. The van der Waals surface area contributed by atoms with Crippen molar-refractivity contribution in [1.82, 2.24) is 0 Å². The molecule has 1 aromatic rings. The summed E-state index contributed by atoms with van der Waals surface area (Å²) in [6.45, 7) is 18.2. The van der Waals surface area contributed by atoms with Crippen LogP contribution >= 0.6 is 0 Å². The van der Waals surface area contributed by atoms with E-state index in [1.54, 1.807) is 0 Å². The van der Waals surface area contributed by atoms with E-state index < -0.39 is 0 Å². The zero-order valence-corrected chi connectivity index (χ0v) is 13.8. The second kappa shape index (κ2) is 6.82. The molecule has 1 aromatic carbocycles. The van der Waals surface area contributed by atoms with Crippen LogP contribution in [0.3, 0.4) is 0 Å². The van der Waals surface area contributed by atoms with Gasteiger partial charge in [-0.25, -0.2) is 0 Å². The summed E-state index contributed by atoms with van der Waals surface area (Å²) in [5.41, 5.74) is 2.88. The maximum atomic E-state index is 2.51. The number of nitrogens with zero attached hydrogens (tertiary/aromatic N) is 2. The molecule has 0 aliphatic carbocycles. The summed E-state index contributed by atoms with van der Waals surface area (Å²) in [7, 11) is 0. The Morgan fingerprint density at radius 2 is 0.833 bits per heavy atom. The van der Waals surface area contributed by atoms with E-state index in [1.807, 2.05) is 0 Å². The quantitative estimate of drug-likeness (QED) is 0.546. The first-order chi connectivity index (χ1) is 7.77. The molecule has 0 spiro atoms. The Morgan fingerprint density at radius 3 is 1.00 bits per heavy atom. The first-order valence-electron chi connectivity index (χ1n) is 6.93. The third-order valence-corrected chi connectivity index (χ3v) is 3.23. The fourth-order valence-electron chi connectivity index (χ4n) is 2.81. The van der Waals surface area contributed by atoms with E-state index in [-0.39, 0.29) is 18.9 Å². The van der Waals surface area contributed by atoms with Gasteiger partial charge in [0.2, 0.25) is 6.07 Å². The van der Waals surface area contributed by atoms with Gasteiger partial charge >= 0.3 is 18.9 Å². The maximum Gasteiger partial charge on any atom is 1.00 e. The van der Waals surface area contributed by atoms with Gasteiger partial charge < -0.3 is 0 Å². The van der Waals surface area contributed by atoms with Crippen LogP contribution in [0.1, 0.15) is 55.4 Å². The van der Waals surface area contributed by atoms with E-state index in [1.165, 1.54) is 11.4 Å². The Hall–Kier alpha value is -0.193. The number of hydrogen-bond acceptors (Lipinski definition) is 2. The molecular weight excluding hydrogens is 215 g/mol. The molecule has 18 heavy (non-hydrogen) atoms. The molecule has 0 saturated carbocycles. The summed E-state index contributed by atoms with van der Waals surface area (Å²) >= 11 is 0. The van der Waals surface area contributed by atoms with Gasteiger partial charge in [-0.2, -0.15) is 0 Å². The second-order valence-electron chi connectivity index (χ2n) is 6.10. The van der Waals surface area contributed by atoms with Gasteiger partial charge in [-0.15, -0.1) is 0 Å². The Labute approximate surface area is 126 Å². The Balaban J connectivity index is 0.00000289. The molecule has 2 nitrogen and oxygen atoms in total. The zero-order valence-electron chi connectivity index (χ0n) is 13.8. The first kappa shape index (κ1) is 17.8. The van der Waals surface area contributed by atoms with Crippen LogP contribution in [0.5, 0.6) is 0 Å². The van der Waals surface area contributed by atoms with Crippen molar-refractivity contribution >= 4 is 11.4 Å². The van der Waals surface area contributed by atoms with E-state index >= 15 is 0 Å². The maximum absolute atomic E-state index is 2.51. The molecule has 0 fully saturated rings. The van der Waals surface area contributed by atoms with Crippen molar-refractivity contribution in [3.05, 3.63) is 6.07 Å². The SMILES string of the molecule is CC(C)N(c1[cH+]c1N(C(C)C)C(C)C)C(C)C.[Li+]. The summed E-state index contributed by atoms with van der Waals surface area (Å²) in [4.78, 5) is 5.01. The molecule has 0 aromatic heterocycles. The third kappa shape index (κ3) is 3.90. The van der Waals surface area contributed by atoms with E-state index in [0.29, 0.717) is 24.2 Å². The van der Waals surface area contributed by atoms with Gasteiger partial charge in [0, 0.05) is 24.2 Å². The van der Waals surface area contributed by atoms with Crippen molar-refractivity contribution in [3.63, 3.8) is 0 Å². The van der Waals surface area contributed by atoms with Crippen LogP contribution in [0, 0.1) is 0 Å². The fraction of sp³-hybridized carbons (Fsp3) is 0.800. The molecule has 0 heterocycles. The van der Waals surface area contributed by atoms with Gasteiger partial charge in [0.1, 0.15) is 0 Å². The molecule has 0 N–H and O–H groups in total. The predicted molar refractivity (Wildman–Crippen MR) is 78.7 cm³/mol. The summed E-state index contributed by atoms with van der Waals surface area (Å²) in [6, 6.07) is 4.61. The molecule has 0 aliphatic heterocycles. The van der Waals surface area contributed by atoms with Crippen LogP contribution in [-0.4, -0.2) is 24.2 Å². The molecule has 0 bridgehead atoms. The van der Waals surface area contributed by atoms with Gasteiger partial charge in [0.05, 0.1) is 0 Å². The minimum atomic E-state index is 0. The topological polar surface area (TPSA) is 6.48 Å². The van der Waals surface area contributed by atoms with Crippen LogP contribution in [0.2, 0.25) is 0 Å². The number of anilines is 2. The van der Waals surface area contributed by atoms with Gasteiger partial charge in [0.25, 0.3) is 11.4 Å². The zero-order chi connectivity index (χ0) is 13.3. The molecule has 0 amide bonds. The summed E-state index contributed by atoms with van der Waals surface area (Å²) in [5.74, 6) is 0. The normalized spacial score (nSPS) is 11.8. The van der Waals surface area contributed by atoms with Crippen molar-refractivity contribution in [1.29, 1.82) is 0 Å². The standard InChI is InChI=1S/C15H29N2.Li/c1-10(2)16(11(3)4)14-9-15(14)17(12(5)6)13(7)8;/h9-13H,1-8H3;/q2*+1. The molecule has 0 radical (unpaired) electrons. The van der Waals surface area contributed by atoms with Crippen LogP contribution in [0.15, 0.2) is 6.07 Å². The van der Waals surface area contributed by atoms with Crippen molar-refractivity contribution in [2.24, 2.45) is 0 Å². The summed E-state index contributed by atoms with van der Waals surface area (Å²) in [5, 5.41) is 0. The molecule has 3 heteroatoms. The van der Waals surface area contributed by atoms with Crippen LogP contribution < -0.4 is 28.7 Å². The van der Waals surface area contributed by atoms with Gasteiger partial charge in [-0.05, 0) is 55.4 Å². The van der Waals surface area contributed by atoms with Gasteiger partial charge in [0.15, 0.2) is 0 Å². The minimum absolute atomic E-state index is 0. The van der Waals surface area contributed by atoms with Gasteiger partial charge in [-0.1, -0.05) is 0 Å². The van der Waals surface area contributed by atoms with E-state index in [4.69, 9.17) is 0 Å². The second-order valence-corrected chi connectivity index (χ2v) is 6.10. The monoisotopic (exact) mass is 244 g/mol. The number of hydrogen-bond donors (Lipinski definition) is 0. The van der Waals surface area contributed by atoms with Gasteiger partial charge in [-0.3, -0.25) is 9.80 Å². The molecular formula is C15H29LiN2+2. The van der Waals surface area contributed by atoms with Crippen molar-refractivity contribution < 1.29 is 18.9 Å². The smallest absolute Gasteiger partial charge is 0.292 e. The van der Waals surface area contributed by atoms with E-state index in [9.17, 15) is 0 Å². The Kier molecular flexibility index (Phi) is 6.75. The molecule has 0 saturated heterocycles. The van der Waals surface area contributed by atoms with Crippen molar-refractivity contribution in [2.45, 2.75) is 79.6 Å². The van der Waals surface area contributed by atoms with Crippen molar-refractivity contribution in [3.8, 4) is 0 Å². The minimum Gasteiger partial charge on any atom is -0.292 e. The predicted octanol–water partition coefficient (Wildman–Crippen LogP) is 1.09. The Morgan fingerprint density at radius 1 is 0.611 bits per heavy atom. The fourth-order valence-corrected chi connectivity index (χ4v) is 2.81. The molecule has 98 valence electrons. The summed E-state index contributed by atoms with van der Waals surface area (Å²) in [6.07, 6.45) is 0. The largest absolute Gasteiger partial charge is 1.00 e. The average molecular weight is 244 g/mol. The molecule has 1 rings (SSSR count). The third-order valence-electron chi connectivity index (χ3n) is 3.23. The van der Waals surface area contributed by atoms with Crippen LogP contribution in [0.4, 0.5) is 11.4 Å². The number of rotatable bonds is 6.